The molecule has 0 aliphatic rings. The maximum atomic E-state index is 9.57. The molecule has 0 atom stereocenters. The number of aromatic hydroxyl groups is 2. The average Bonchev–Trinajstić information content (AvgIpc) is 2.96. The number of hydrogen-bond acceptors (Lipinski definition) is 3. The van der Waals surface area contributed by atoms with Gasteiger partial charge in [0.15, 0.2) is 0 Å². The molecule has 0 unspecified atom stereocenters. The summed E-state index contributed by atoms with van der Waals surface area (Å²) in [5.74, 6) is 0.793. The Morgan fingerprint density at radius 3 is 1.22 bits per heavy atom. The first-order valence-electron chi connectivity index (χ1n) is 11.7. The van der Waals surface area contributed by atoms with E-state index < -0.39 is 0 Å². The number of halogens is 2. The minimum absolute atomic E-state index is 0. The van der Waals surface area contributed by atoms with Crippen molar-refractivity contribution in [1.29, 1.82) is 0 Å². The maximum Gasteiger partial charge on any atom is -0.147 e. The van der Waals surface area contributed by atoms with E-state index in [4.69, 9.17) is 0 Å². The molecule has 0 saturated heterocycles. The van der Waals surface area contributed by atoms with Crippen LogP contribution in [0.25, 0.3) is 0 Å². The van der Waals surface area contributed by atoms with Gasteiger partial charge in [0.25, 0.3) is 0 Å². The summed E-state index contributed by atoms with van der Waals surface area (Å²) in [4.78, 5) is 2.89. The predicted octanol–water partition coefficient (Wildman–Crippen LogP) is 9.21. The van der Waals surface area contributed by atoms with Crippen molar-refractivity contribution in [1.82, 2.24) is 0 Å². The third kappa shape index (κ3) is 11.1. The van der Waals surface area contributed by atoms with Crippen LogP contribution >= 0.6 is 36.2 Å². The molecule has 1 aromatic heterocycles. The van der Waals surface area contributed by atoms with Crippen LogP contribution in [-0.4, -0.2) is 14.5 Å². The smallest absolute Gasteiger partial charge is 0.147 e. The first kappa shape index (κ1) is 37.1. The molecule has 1 heterocycles. The summed E-state index contributed by atoms with van der Waals surface area (Å²) in [5.41, 5.74) is 7.35. The summed E-state index contributed by atoms with van der Waals surface area (Å²) in [6.45, 7) is 23.2. The summed E-state index contributed by atoms with van der Waals surface area (Å²) < 4.78 is 2.19. The van der Waals surface area contributed by atoms with Crippen LogP contribution in [0.3, 0.4) is 0 Å². The molecular weight excluding hydrogens is 543 g/mol. The van der Waals surface area contributed by atoms with Crippen LogP contribution in [0.4, 0.5) is 0 Å². The molecule has 2 nitrogen and oxygen atoms in total. The van der Waals surface area contributed by atoms with Gasteiger partial charge < -0.3 is 10.2 Å². The van der Waals surface area contributed by atoms with Gasteiger partial charge in [0.1, 0.15) is 11.5 Å². The van der Waals surface area contributed by atoms with Crippen molar-refractivity contribution in [2.45, 2.75) is 87.0 Å². The zero-order valence-corrected chi connectivity index (χ0v) is 27.7. The second-order valence-electron chi connectivity index (χ2n) is 10.9. The Morgan fingerprint density at radius 2 is 1.03 bits per heavy atom. The molecule has 2 aromatic carbocycles. The van der Waals surface area contributed by atoms with E-state index in [1.807, 2.05) is 49.4 Å². The largest absolute Gasteiger partial charge is 0.147 e. The van der Waals surface area contributed by atoms with Gasteiger partial charge in [-0.3, -0.25) is 0 Å². The second kappa shape index (κ2) is 15.3. The number of hydrogen-bond donors (Lipinski definition) is 2. The van der Waals surface area contributed by atoms with Crippen molar-refractivity contribution in [3.8, 4) is 11.5 Å². The Bertz CT molecular complexity index is 1060. The minimum Gasteiger partial charge on any atom is -0.147 e. The Kier molecular flexibility index (Phi) is 15.8. The van der Waals surface area contributed by atoms with E-state index in [-0.39, 0.29) is 35.6 Å². The summed E-state index contributed by atoms with van der Waals surface area (Å²) in [6, 6.07) is 11.4. The third-order valence-electron chi connectivity index (χ3n) is 5.68. The van der Waals surface area contributed by atoms with E-state index in [2.05, 4.69) is 86.6 Å². The molecule has 0 saturated carbocycles. The normalized spacial score (nSPS) is 10.5. The first-order chi connectivity index (χ1) is 15.5. The van der Waals surface area contributed by atoms with Crippen LogP contribution in [0.5, 0.6) is 11.5 Å². The Labute approximate surface area is 247 Å². The SMILES string of the molecule is Cc1ccc(O)c(C(C)(C)C)c1.Cc1ccc(O)c(C(C)(C)C)c1.Cc1sc(C)c([CH]=[Ti])c1C.Cl.Cl. The van der Waals surface area contributed by atoms with Crippen molar-refractivity contribution >= 4 is 40.5 Å². The van der Waals surface area contributed by atoms with Crippen LogP contribution in [0, 0.1) is 34.6 Å². The topological polar surface area (TPSA) is 40.5 Å². The van der Waals surface area contributed by atoms with Gasteiger partial charge in [-0.2, -0.15) is 0 Å². The van der Waals surface area contributed by atoms with E-state index in [0.717, 1.165) is 11.1 Å². The molecule has 0 bridgehead atoms. The van der Waals surface area contributed by atoms with E-state index in [0.29, 0.717) is 11.5 Å². The van der Waals surface area contributed by atoms with Crippen LogP contribution in [0.1, 0.15) is 84.7 Å². The van der Waals surface area contributed by atoms with Crippen LogP contribution in [0.15, 0.2) is 36.4 Å². The monoisotopic (exact) mass is 586 g/mol. The molecule has 3 rings (SSSR count). The van der Waals surface area contributed by atoms with E-state index in [1.165, 1.54) is 32.0 Å². The van der Waals surface area contributed by atoms with E-state index >= 15 is 0 Å². The summed E-state index contributed by atoms with van der Waals surface area (Å²) >= 11 is 3.99. The number of phenolic OH excluding ortho intramolecular Hbond substituents is 2. The van der Waals surface area contributed by atoms with Gasteiger partial charge in [-0.1, -0.05) is 76.9 Å². The standard InChI is InChI=1S/2C11H16O.C8H10S.2ClH.Ti/c2*1-8-5-6-10(12)9(7-8)11(2,3)4;1-5-6(2)8(4)9-7(5)3;;;/h2*5-7,12H,1-4H3;1H,2-4H3;2*1H;. The van der Waals surface area contributed by atoms with Crippen molar-refractivity contribution < 1.29 is 30.2 Å². The minimum atomic E-state index is 0. The van der Waals surface area contributed by atoms with Gasteiger partial charge in [0.05, 0.1) is 0 Å². The molecular formula is C30H44Cl2O2STi. The Hall–Kier alpha value is -1.10. The number of benzene rings is 2. The zero-order chi connectivity index (χ0) is 26.4. The first-order valence-corrected chi connectivity index (χ1v) is 13.4. The van der Waals surface area contributed by atoms with Crippen LogP contribution < -0.4 is 0 Å². The van der Waals surface area contributed by atoms with Gasteiger partial charge in [-0.25, -0.2) is 0 Å². The Morgan fingerprint density at radius 1 is 0.667 bits per heavy atom. The average molecular weight is 588 g/mol. The van der Waals surface area contributed by atoms with Gasteiger partial charge >= 0.3 is 77.3 Å². The quantitative estimate of drug-likeness (QED) is 0.279. The number of rotatable bonds is 1. The summed E-state index contributed by atoms with van der Waals surface area (Å²) in [7, 11) is 0. The van der Waals surface area contributed by atoms with Gasteiger partial charge in [0.2, 0.25) is 0 Å². The van der Waals surface area contributed by atoms with Crippen molar-refractivity contribution in [2.75, 3.05) is 0 Å². The number of phenols is 2. The second-order valence-corrected chi connectivity index (χ2v) is 12.8. The van der Waals surface area contributed by atoms with Crippen molar-refractivity contribution in [3.05, 3.63) is 79.5 Å². The zero-order valence-electron chi connectivity index (χ0n) is 23.7. The molecule has 0 fully saturated rings. The molecule has 200 valence electrons. The number of thiophene rings is 1. The van der Waals surface area contributed by atoms with Crippen LogP contribution in [-0.2, 0) is 30.8 Å². The fraction of sp³-hybridized carbons (Fsp3) is 0.433. The van der Waals surface area contributed by atoms with Gasteiger partial charge in [0, 0.05) is 0 Å². The maximum absolute atomic E-state index is 9.57. The fourth-order valence-electron chi connectivity index (χ4n) is 3.53. The molecule has 6 heteroatoms. The number of aryl methyl sites for hydroxylation is 4. The van der Waals surface area contributed by atoms with Crippen LogP contribution in [0.2, 0.25) is 0 Å². The fourth-order valence-corrected chi connectivity index (χ4v) is 5.41. The molecule has 0 aliphatic carbocycles. The van der Waals surface area contributed by atoms with Crippen molar-refractivity contribution in [3.63, 3.8) is 0 Å². The van der Waals surface area contributed by atoms with Crippen molar-refractivity contribution in [2.24, 2.45) is 0 Å². The molecule has 0 radical (unpaired) electrons. The Balaban J connectivity index is 0. The molecule has 3 aromatic rings. The molecule has 0 spiro atoms. The molecule has 2 N–H and O–H groups in total. The third-order valence-corrected chi connectivity index (χ3v) is 7.27. The van der Waals surface area contributed by atoms with Gasteiger partial charge in [-0.05, 0) is 47.9 Å². The summed E-state index contributed by atoms with van der Waals surface area (Å²) in [6.07, 6.45) is 0. The molecule has 0 aliphatic heterocycles. The van der Waals surface area contributed by atoms with Gasteiger partial charge in [-0.15, -0.1) is 24.8 Å². The van der Waals surface area contributed by atoms with E-state index in [9.17, 15) is 10.2 Å². The predicted molar refractivity (Wildman–Crippen MR) is 161 cm³/mol. The van der Waals surface area contributed by atoms with E-state index in [1.54, 1.807) is 12.1 Å². The molecule has 36 heavy (non-hydrogen) atoms. The molecule has 0 amide bonds. The summed E-state index contributed by atoms with van der Waals surface area (Å²) in [5, 5.41) is 19.1.